The first-order chi connectivity index (χ1) is 13.9. The minimum Gasteiger partial charge on any atom is -0.376 e. The highest BCUT2D eigenvalue weighted by atomic mass is 32.2. The Kier molecular flexibility index (Phi) is 6.24. The first kappa shape index (κ1) is 20.8. The summed E-state index contributed by atoms with van der Waals surface area (Å²) in [6, 6.07) is 8.07. The molecule has 1 amide bonds. The van der Waals surface area contributed by atoms with Crippen molar-refractivity contribution in [2.24, 2.45) is 0 Å². The Labute approximate surface area is 176 Å². The number of likely N-dealkylation sites (N-methyl/N-ethyl adjacent to an activating group) is 1. The Morgan fingerprint density at radius 3 is 2.83 bits per heavy atom. The van der Waals surface area contributed by atoms with Gasteiger partial charge >= 0.3 is 0 Å². The van der Waals surface area contributed by atoms with Gasteiger partial charge in [-0.15, -0.1) is 11.3 Å². The molecule has 158 valence electrons. The number of benzene rings is 1. The summed E-state index contributed by atoms with van der Waals surface area (Å²) in [5.41, 5.74) is 1.22. The van der Waals surface area contributed by atoms with E-state index < -0.39 is 9.84 Å². The number of fused-ring (bicyclic) bond motifs is 1. The third kappa shape index (κ3) is 4.99. The number of ether oxygens (including phenoxy) is 1. The average Bonchev–Trinajstić information content (AvgIpc) is 3.40. The molecule has 2 saturated heterocycles. The lowest BCUT2D eigenvalue weighted by Crippen LogP contribution is -2.48. The van der Waals surface area contributed by atoms with Crippen LogP contribution in [0.25, 0.3) is 10.1 Å². The smallest absolute Gasteiger partial charge is 0.237 e. The van der Waals surface area contributed by atoms with Crippen LogP contribution < -0.4 is 0 Å². The number of hydrogen-bond donors (Lipinski definition) is 0. The van der Waals surface area contributed by atoms with E-state index in [-0.39, 0.29) is 36.1 Å². The number of rotatable bonds is 7. The Morgan fingerprint density at radius 1 is 1.28 bits per heavy atom. The number of amides is 1. The van der Waals surface area contributed by atoms with E-state index in [0.717, 1.165) is 19.4 Å². The van der Waals surface area contributed by atoms with Crippen molar-refractivity contribution < 1.29 is 17.9 Å². The van der Waals surface area contributed by atoms with E-state index in [4.69, 9.17) is 4.74 Å². The zero-order valence-electron chi connectivity index (χ0n) is 16.7. The first-order valence-electron chi connectivity index (χ1n) is 10.2. The van der Waals surface area contributed by atoms with Crippen molar-refractivity contribution >= 4 is 37.2 Å². The van der Waals surface area contributed by atoms with Crippen molar-refractivity contribution in [3.63, 3.8) is 0 Å². The topological polar surface area (TPSA) is 66.9 Å². The van der Waals surface area contributed by atoms with Crippen molar-refractivity contribution in [2.75, 3.05) is 38.2 Å². The van der Waals surface area contributed by atoms with Gasteiger partial charge in [0, 0.05) is 30.4 Å². The number of thiophene rings is 1. The highest BCUT2D eigenvalue weighted by Crippen LogP contribution is 2.27. The van der Waals surface area contributed by atoms with E-state index in [1.54, 1.807) is 16.2 Å². The van der Waals surface area contributed by atoms with E-state index in [2.05, 4.69) is 17.5 Å². The van der Waals surface area contributed by atoms with E-state index in [9.17, 15) is 13.2 Å². The van der Waals surface area contributed by atoms with Gasteiger partial charge in [0.05, 0.1) is 24.2 Å². The molecule has 2 aromatic rings. The zero-order chi connectivity index (χ0) is 20.4. The molecule has 2 unspecified atom stereocenters. The monoisotopic (exact) mass is 436 g/mol. The molecule has 2 aliphatic heterocycles. The average molecular weight is 437 g/mol. The molecule has 0 N–H and O–H groups in total. The van der Waals surface area contributed by atoms with Crippen LogP contribution in [0.1, 0.15) is 24.8 Å². The van der Waals surface area contributed by atoms with Crippen molar-refractivity contribution in [3.05, 3.63) is 35.2 Å². The van der Waals surface area contributed by atoms with E-state index in [0.29, 0.717) is 19.5 Å². The lowest BCUT2D eigenvalue weighted by atomic mass is 10.1. The third-order valence-corrected chi connectivity index (χ3v) is 8.56. The highest BCUT2D eigenvalue weighted by molar-refractivity contribution is 7.91. The Morgan fingerprint density at radius 2 is 2.10 bits per heavy atom. The quantitative estimate of drug-likeness (QED) is 0.667. The first-order valence-corrected chi connectivity index (χ1v) is 12.9. The minimum absolute atomic E-state index is 0.00960. The molecule has 0 bridgehead atoms. The molecule has 4 rings (SSSR count). The maximum Gasteiger partial charge on any atom is 0.237 e. The standard InChI is InChI=1S/C21H28N2O4S2/c1-22(11-16-14-28-20-7-3-2-6-19(16)20)13-21(24)23(12-18-5-4-9-27-18)17-8-10-29(25,26)15-17/h2-3,6-7,14,17-18H,4-5,8-13,15H2,1H3. The second-order valence-corrected chi connectivity index (χ2v) is 11.3. The molecular weight excluding hydrogens is 408 g/mol. The number of carbonyl (C=O) groups excluding carboxylic acids is 1. The number of hydrogen-bond acceptors (Lipinski definition) is 6. The van der Waals surface area contributed by atoms with Gasteiger partial charge in [-0.2, -0.15) is 0 Å². The van der Waals surface area contributed by atoms with Gasteiger partial charge in [-0.05, 0) is 48.7 Å². The summed E-state index contributed by atoms with van der Waals surface area (Å²) in [5.74, 6) is 0.234. The highest BCUT2D eigenvalue weighted by Gasteiger charge is 2.36. The van der Waals surface area contributed by atoms with E-state index in [1.807, 2.05) is 24.1 Å². The van der Waals surface area contributed by atoms with Crippen LogP contribution in [0.4, 0.5) is 0 Å². The third-order valence-electron chi connectivity index (χ3n) is 5.80. The van der Waals surface area contributed by atoms with Crippen LogP contribution in [-0.4, -0.2) is 74.5 Å². The van der Waals surface area contributed by atoms with Gasteiger partial charge in [0.1, 0.15) is 0 Å². The Bertz CT molecular complexity index is 966. The molecule has 6 nitrogen and oxygen atoms in total. The van der Waals surface area contributed by atoms with Crippen LogP contribution in [0.5, 0.6) is 0 Å². The van der Waals surface area contributed by atoms with E-state index in [1.165, 1.54) is 15.6 Å². The summed E-state index contributed by atoms with van der Waals surface area (Å²) in [5, 5.41) is 3.38. The molecule has 1 aromatic heterocycles. The van der Waals surface area contributed by atoms with Gasteiger partial charge in [-0.1, -0.05) is 18.2 Å². The van der Waals surface area contributed by atoms with Gasteiger partial charge in [0.2, 0.25) is 5.91 Å². The molecule has 0 radical (unpaired) electrons. The zero-order valence-corrected chi connectivity index (χ0v) is 18.4. The van der Waals surface area contributed by atoms with Crippen molar-refractivity contribution in [2.45, 2.75) is 38.0 Å². The molecule has 0 spiro atoms. The maximum atomic E-state index is 13.2. The van der Waals surface area contributed by atoms with Crippen molar-refractivity contribution in [3.8, 4) is 0 Å². The number of carbonyl (C=O) groups is 1. The van der Waals surface area contributed by atoms with Crippen LogP contribution in [-0.2, 0) is 25.9 Å². The SMILES string of the molecule is CN(CC(=O)N(CC1CCCO1)C1CCS(=O)(=O)C1)Cc1csc2ccccc12. The Hall–Kier alpha value is -1.48. The molecule has 2 aliphatic rings. The number of sulfone groups is 1. The fraction of sp³-hybridized carbons (Fsp3) is 0.571. The second-order valence-electron chi connectivity index (χ2n) is 8.17. The molecule has 2 fully saturated rings. The summed E-state index contributed by atoms with van der Waals surface area (Å²) >= 11 is 1.72. The maximum absolute atomic E-state index is 13.2. The largest absolute Gasteiger partial charge is 0.376 e. The van der Waals surface area contributed by atoms with Gasteiger partial charge in [0.25, 0.3) is 0 Å². The molecule has 0 saturated carbocycles. The lowest BCUT2D eigenvalue weighted by molar-refractivity contribution is -0.135. The minimum atomic E-state index is -3.05. The van der Waals surface area contributed by atoms with Gasteiger partial charge in [-0.3, -0.25) is 9.69 Å². The normalized spacial score (nSPS) is 23.8. The predicted molar refractivity (Wildman–Crippen MR) is 116 cm³/mol. The summed E-state index contributed by atoms with van der Waals surface area (Å²) in [7, 11) is -1.10. The summed E-state index contributed by atoms with van der Waals surface area (Å²) < 4.78 is 30.9. The molecular formula is C21H28N2O4S2. The number of nitrogens with zero attached hydrogens (tertiary/aromatic N) is 2. The van der Waals surface area contributed by atoms with Gasteiger partial charge in [0.15, 0.2) is 9.84 Å². The fourth-order valence-corrected chi connectivity index (χ4v) is 6.99. The van der Waals surface area contributed by atoms with Crippen LogP contribution in [0.3, 0.4) is 0 Å². The molecule has 8 heteroatoms. The molecule has 0 aliphatic carbocycles. The fourth-order valence-electron chi connectivity index (χ4n) is 4.31. The van der Waals surface area contributed by atoms with Crippen LogP contribution in [0.2, 0.25) is 0 Å². The van der Waals surface area contributed by atoms with Crippen LogP contribution in [0, 0.1) is 0 Å². The van der Waals surface area contributed by atoms with Gasteiger partial charge < -0.3 is 9.64 Å². The lowest BCUT2D eigenvalue weighted by Gasteiger charge is -2.32. The van der Waals surface area contributed by atoms with Gasteiger partial charge in [-0.25, -0.2) is 8.42 Å². The summed E-state index contributed by atoms with van der Waals surface area (Å²) in [6.45, 7) is 2.18. The summed E-state index contributed by atoms with van der Waals surface area (Å²) in [6.07, 6.45) is 2.48. The van der Waals surface area contributed by atoms with Crippen LogP contribution >= 0.6 is 11.3 Å². The Balaban J connectivity index is 1.43. The van der Waals surface area contributed by atoms with E-state index >= 15 is 0 Å². The van der Waals surface area contributed by atoms with Crippen molar-refractivity contribution in [1.29, 1.82) is 0 Å². The molecule has 3 heterocycles. The molecule has 2 atom stereocenters. The molecule has 1 aromatic carbocycles. The summed E-state index contributed by atoms with van der Waals surface area (Å²) in [4.78, 5) is 17.0. The second kappa shape index (κ2) is 8.71. The van der Waals surface area contributed by atoms with Crippen molar-refractivity contribution in [1.82, 2.24) is 9.80 Å². The molecule has 29 heavy (non-hydrogen) atoms. The van der Waals surface area contributed by atoms with Crippen LogP contribution in [0.15, 0.2) is 29.6 Å². The predicted octanol–water partition coefficient (Wildman–Crippen LogP) is 2.53.